The van der Waals surface area contributed by atoms with Gasteiger partial charge in [0.25, 0.3) is 0 Å². The molecule has 4 rings (SSSR count). The van der Waals surface area contributed by atoms with Crippen LogP contribution in [-0.2, 0) is 0 Å². The fourth-order valence-electron chi connectivity index (χ4n) is 3.45. The van der Waals surface area contributed by atoms with Crippen molar-refractivity contribution in [3.05, 3.63) is 46.2 Å². The van der Waals surface area contributed by atoms with E-state index >= 15 is 0 Å². The molecule has 0 bridgehead atoms. The van der Waals surface area contributed by atoms with E-state index in [-0.39, 0.29) is 11.9 Å². The van der Waals surface area contributed by atoms with Gasteiger partial charge in [0.05, 0.1) is 23.0 Å². The van der Waals surface area contributed by atoms with Gasteiger partial charge in [0.1, 0.15) is 12.8 Å². The number of aliphatic imine (C=N–C) groups is 1. The molecule has 0 aromatic heterocycles. The Labute approximate surface area is 166 Å². The van der Waals surface area contributed by atoms with Gasteiger partial charge in [0.2, 0.25) is 0 Å². The van der Waals surface area contributed by atoms with Crippen molar-refractivity contribution in [3.63, 3.8) is 0 Å². The minimum atomic E-state index is -0.308. The van der Waals surface area contributed by atoms with Crippen molar-refractivity contribution in [2.24, 2.45) is 4.99 Å². The van der Waals surface area contributed by atoms with E-state index in [4.69, 9.17) is 9.47 Å². The molecule has 1 fully saturated rings. The second-order valence-electron chi connectivity index (χ2n) is 6.58. The maximum Gasteiger partial charge on any atom is 0.163 e. The van der Waals surface area contributed by atoms with E-state index in [2.05, 4.69) is 26.2 Å². The highest BCUT2D eigenvalue weighted by Crippen LogP contribution is 2.41. The van der Waals surface area contributed by atoms with Crippen molar-refractivity contribution < 1.29 is 13.9 Å². The van der Waals surface area contributed by atoms with Crippen LogP contribution in [0.4, 0.5) is 15.8 Å². The number of ether oxygens (including phenoxy) is 2. The van der Waals surface area contributed by atoms with Gasteiger partial charge in [-0.1, -0.05) is 6.07 Å². The van der Waals surface area contributed by atoms with Crippen LogP contribution in [0.5, 0.6) is 11.5 Å². The topological polar surface area (TPSA) is 46.1 Å². The number of hydrogen-bond acceptors (Lipinski definition) is 5. The number of methoxy groups -OCH3 is 1. The number of fused-ring (bicyclic) bond motifs is 1. The zero-order valence-corrected chi connectivity index (χ0v) is 16.6. The summed E-state index contributed by atoms with van der Waals surface area (Å²) in [4.78, 5) is 6.23. The van der Waals surface area contributed by atoms with Crippen LogP contribution >= 0.6 is 15.9 Å². The van der Waals surface area contributed by atoms with Gasteiger partial charge < -0.3 is 19.7 Å². The molecule has 2 aromatic rings. The first-order chi connectivity index (χ1) is 13.2. The monoisotopic (exact) mass is 433 g/mol. The lowest BCUT2D eigenvalue weighted by molar-refractivity contribution is 0.157. The molecule has 142 valence electrons. The lowest BCUT2D eigenvalue weighted by Crippen LogP contribution is -2.34. The molecule has 0 spiro atoms. The van der Waals surface area contributed by atoms with Crippen molar-refractivity contribution in [2.75, 3.05) is 31.8 Å². The second kappa shape index (κ2) is 7.86. The van der Waals surface area contributed by atoms with E-state index < -0.39 is 0 Å². The van der Waals surface area contributed by atoms with Crippen LogP contribution in [-0.4, -0.2) is 39.2 Å². The Kier molecular flexibility index (Phi) is 5.31. The zero-order valence-electron chi connectivity index (χ0n) is 15.0. The van der Waals surface area contributed by atoms with Crippen LogP contribution in [0.25, 0.3) is 0 Å². The standard InChI is InChI=1S/C20H21BrFN3O2/c1-26-18-9-13-11-24-12-25(16-4-2-3-15(21)20(16)22)17(13)10-19(18)27-14-5-7-23-8-6-14/h2-4,9-11,14,23H,5-8,12H2,1H3. The Bertz CT molecular complexity index is 869. The van der Waals surface area contributed by atoms with E-state index in [1.54, 1.807) is 25.5 Å². The summed E-state index contributed by atoms with van der Waals surface area (Å²) in [7, 11) is 1.63. The quantitative estimate of drug-likeness (QED) is 0.782. The Morgan fingerprint density at radius 3 is 2.78 bits per heavy atom. The molecular formula is C20H21BrFN3O2. The SMILES string of the molecule is COc1cc2c(cc1OC1CCNCC1)N(c1cccc(Br)c1F)CN=C2. The van der Waals surface area contributed by atoms with Crippen LogP contribution in [0.2, 0.25) is 0 Å². The van der Waals surface area contributed by atoms with Gasteiger partial charge in [-0.15, -0.1) is 0 Å². The largest absolute Gasteiger partial charge is 0.493 e. The third kappa shape index (κ3) is 3.66. The van der Waals surface area contributed by atoms with E-state index in [0.717, 1.165) is 37.2 Å². The summed E-state index contributed by atoms with van der Waals surface area (Å²) in [5.41, 5.74) is 2.20. The minimum absolute atomic E-state index is 0.145. The highest BCUT2D eigenvalue weighted by molar-refractivity contribution is 9.10. The van der Waals surface area contributed by atoms with Gasteiger partial charge in [-0.25, -0.2) is 4.39 Å². The van der Waals surface area contributed by atoms with E-state index in [0.29, 0.717) is 28.3 Å². The average molecular weight is 434 g/mol. The molecule has 0 radical (unpaired) electrons. The van der Waals surface area contributed by atoms with Gasteiger partial charge in [-0.2, -0.15) is 0 Å². The number of piperidine rings is 1. The number of nitrogens with one attached hydrogen (secondary N) is 1. The van der Waals surface area contributed by atoms with Crippen LogP contribution in [0.15, 0.2) is 39.8 Å². The maximum atomic E-state index is 14.7. The lowest BCUT2D eigenvalue weighted by atomic mass is 10.1. The molecule has 2 heterocycles. The molecular weight excluding hydrogens is 413 g/mol. The van der Waals surface area contributed by atoms with E-state index in [1.165, 1.54) is 0 Å². The molecule has 2 aliphatic rings. The molecule has 0 aliphatic carbocycles. The molecule has 1 N–H and O–H groups in total. The number of benzene rings is 2. The predicted molar refractivity (Wildman–Crippen MR) is 108 cm³/mol. The Hall–Kier alpha value is -2.12. The number of hydrogen-bond donors (Lipinski definition) is 1. The van der Waals surface area contributed by atoms with Crippen molar-refractivity contribution in [2.45, 2.75) is 18.9 Å². The van der Waals surface area contributed by atoms with Crippen LogP contribution < -0.4 is 19.7 Å². The summed E-state index contributed by atoms with van der Waals surface area (Å²) in [5.74, 6) is 1.03. The molecule has 7 heteroatoms. The third-order valence-corrected chi connectivity index (χ3v) is 5.47. The Morgan fingerprint density at radius 1 is 1.19 bits per heavy atom. The van der Waals surface area contributed by atoms with Crippen LogP contribution in [0, 0.1) is 5.82 Å². The summed E-state index contributed by atoms with van der Waals surface area (Å²) in [6.07, 6.45) is 3.84. The second-order valence-corrected chi connectivity index (χ2v) is 7.44. The van der Waals surface area contributed by atoms with Crippen molar-refractivity contribution in [1.82, 2.24) is 5.32 Å². The van der Waals surface area contributed by atoms with E-state index in [9.17, 15) is 4.39 Å². The molecule has 0 saturated carbocycles. The molecule has 27 heavy (non-hydrogen) atoms. The Morgan fingerprint density at radius 2 is 2.00 bits per heavy atom. The number of halogens is 2. The fraction of sp³-hybridized carbons (Fsp3) is 0.350. The average Bonchev–Trinajstić information content (AvgIpc) is 2.70. The maximum absolute atomic E-state index is 14.7. The molecule has 2 aliphatic heterocycles. The van der Waals surface area contributed by atoms with E-state index in [1.807, 2.05) is 23.1 Å². The van der Waals surface area contributed by atoms with Gasteiger partial charge in [-0.05, 0) is 60.1 Å². The number of nitrogens with zero attached hydrogens (tertiary/aromatic N) is 2. The molecule has 0 atom stereocenters. The summed E-state index contributed by atoms with van der Waals surface area (Å²) >= 11 is 3.26. The summed E-state index contributed by atoms with van der Waals surface area (Å²) in [6.45, 7) is 2.24. The molecule has 1 saturated heterocycles. The number of anilines is 2. The highest BCUT2D eigenvalue weighted by Gasteiger charge is 2.24. The highest BCUT2D eigenvalue weighted by atomic mass is 79.9. The molecule has 0 amide bonds. The predicted octanol–water partition coefficient (Wildman–Crippen LogP) is 4.26. The minimum Gasteiger partial charge on any atom is -0.493 e. The van der Waals surface area contributed by atoms with Crippen molar-refractivity contribution >= 4 is 33.5 Å². The summed E-state index contributed by atoms with van der Waals surface area (Å²) < 4.78 is 26.9. The third-order valence-electron chi connectivity index (χ3n) is 4.86. The van der Waals surface area contributed by atoms with Crippen molar-refractivity contribution in [1.29, 1.82) is 0 Å². The number of rotatable bonds is 4. The molecule has 0 unspecified atom stereocenters. The van der Waals surface area contributed by atoms with Crippen molar-refractivity contribution in [3.8, 4) is 11.5 Å². The summed E-state index contributed by atoms with van der Waals surface area (Å²) in [5, 5.41) is 3.34. The first-order valence-electron chi connectivity index (χ1n) is 8.98. The lowest BCUT2D eigenvalue weighted by Gasteiger charge is -2.30. The summed E-state index contributed by atoms with van der Waals surface area (Å²) in [6, 6.07) is 9.09. The normalized spacial score (nSPS) is 16.9. The van der Waals surface area contributed by atoms with Gasteiger partial charge in [0.15, 0.2) is 17.3 Å². The first kappa shape index (κ1) is 18.3. The van der Waals surface area contributed by atoms with Gasteiger partial charge in [-0.3, -0.25) is 4.99 Å². The van der Waals surface area contributed by atoms with Gasteiger partial charge in [0, 0.05) is 17.8 Å². The Balaban J connectivity index is 1.73. The fourth-order valence-corrected chi connectivity index (χ4v) is 3.81. The molecule has 5 nitrogen and oxygen atoms in total. The molecule has 2 aromatic carbocycles. The zero-order chi connectivity index (χ0) is 18.8. The van der Waals surface area contributed by atoms with Crippen LogP contribution in [0.3, 0.4) is 0 Å². The first-order valence-corrected chi connectivity index (χ1v) is 9.77. The smallest absolute Gasteiger partial charge is 0.163 e. The van der Waals surface area contributed by atoms with Crippen LogP contribution in [0.1, 0.15) is 18.4 Å². The van der Waals surface area contributed by atoms with Gasteiger partial charge >= 0.3 is 0 Å².